The summed E-state index contributed by atoms with van der Waals surface area (Å²) < 4.78 is 5.30. The van der Waals surface area contributed by atoms with E-state index in [1.165, 1.54) is 0 Å². The number of hydrogen-bond acceptors (Lipinski definition) is 3. The Hall–Kier alpha value is 0.170. The van der Waals surface area contributed by atoms with Gasteiger partial charge in [-0.2, -0.15) is 0 Å². The van der Waals surface area contributed by atoms with Crippen LogP contribution in [-0.2, 0) is 4.74 Å². The van der Waals surface area contributed by atoms with Crippen LogP contribution in [0.25, 0.3) is 0 Å². The van der Waals surface area contributed by atoms with Crippen LogP contribution in [0, 0.1) is 0 Å². The first-order valence-electron chi connectivity index (χ1n) is 5.71. The molecular weight excluding hydrogens is 212 g/mol. The number of ether oxygens (including phenoxy) is 1. The molecule has 0 spiro atoms. The first-order valence-corrected chi connectivity index (χ1v) is 6.15. The number of rotatable bonds is 5. The van der Waals surface area contributed by atoms with Crippen LogP contribution in [0.15, 0.2) is 0 Å². The van der Waals surface area contributed by atoms with Gasteiger partial charge in [-0.1, -0.05) is 0 Å². The van der Waals surface area contributed by atoms with Gasteiger partial charge in [0.1, 0.15) is 0 Å². The molecule has 0 radical (unpaired) electrons. The van der Waals surface area contributed by atoms with Gasteiger partial charge in [0, 0.05) is 37.1 Å². The van der Waals surface area contributed by atoms with E-state index in [9.17, 15) is 0 Å². The highest BCUT2D eigenvalue weighted by Gasteiger charge is 2.23. The predicted octanol–water partition coefficient (Wildman–Crippen LogP) is 1.31. The Labute approximate surface area is 98.1 Å². The van der Waals surface area contributed by atoms with Crippen LogP contribution >= 0.6 is 11.6 Å². The van der Waals surface area contributed by atoms with E-state index < -0.39 is 0 Å². The molecule has 1 unspecified atom stereocenters. The SMILES string of the molecule is CC(Cl)C(C)(C)NCCN1CCOCC1. The van der Waals surface area contributed by atoms with Gasteiger partial charge in [0.25, 0.3) is 0 Å². The fraction of sp³-hybridized carbons (Fsp3) is 1.00. The smallest absolute Gasteiger partial charge is 0.0594 e. The molecule has 0 aromatic carbocycles. The Bertz CT molecular complexity index is 179. The number of nitrogens with zero attached hydrogens (tertiary/aromatic N) is 1. The van der Waals surface area contributed by atoms with E-state index in [-0.39, 0.29) is 10.9 Å². The van der Waals surface area contributed by atoms with Crippen LogP contribution < -0.4 is 5.32 Å². The van der Waals surface area contributed by atoms with Gasteiger partial charge in [0.05, 0.1) is 13.2 Å². The molecule has 4 heteroatoms. The van der Waals surface area contributed by atoms with E-state index >= 15 is 0 Å². The molecule has 1 aliphatic rings. The molecule has 90 valence electrons. The molecule has 1 N–H and O–H groups in total. The first kappa shape index (κ1) is 13.2. The molecule has 1 fully saturated rings. The van der Waals surface area contributed by atoms with Gasteiger partial charge >= 0.3 is 0 Å². The molecule has 0 saturated carbocycles. The van der Waals surface area contributed by atoms with Crippen molar-refractivity contribution in [2.75, 3.05) is 39.4 Å². The Morgan fingerprint density at radius 3 is 2.53 bits per heavy atom. The minimum absolute atomic E-state index is 0.00778. The van der Waals surface area contributed by atoms with Crippen molar-refractivity contribution in [1.29, 1.82) is 0 Å². The summed E-state index contributed by atoms with van der Waals surface area (Å²) in [5, 5.41) is 3.63. The van der Waals surface area contributed by atoms with E-state index in [4.69, 9.17) is 16.3 Å². The fourth-order valence-electron chi connectivity index (χ4n) is 1.50. The van der Waals surface area contributed by atoms with Crippen LogP contribution in [0.1, 0.15) is 20.8 Å². The molecule has 1 aliphatic heterocycles. The lowest BCUT2D eigenvalue weighted by molar-refractivity contribution is 0.0376. The molecule has 0 aromatic rings. The third-order valence-electron chi connectivity index (χ3n) is 3.11. The van der Waals surface area contributed by atoms with Crippen molar-refractivity contribution in [3.05, 3.63) is 0 Å². The van der Waals surface area contributed by atoms with Gasteiger partial charge in [0.2, 0.25) is 0 Å². The third kappa shape index (κ3) is 4.68. The minimum atomic E-state index is 0.00778. The van der Waals surface area contributed by atoms with Crippen molar-refractivity contribution in [1.82, 2.24) is 10.2 Å². The largest absolute Gasteiger partial charge is 0.379 e. The number of morpholine rings is 1. The summed E-state index contributed by atoms with van der Waals surface area (Å²) in [7, 11) is 0. The second-order valence-electron chi connectivity index (χ2n) is 4.72. The number of halogens is 1. The molecule has 0 bridgehead atoms. The van der Waals surface area contributed by atoms with Crippen molar-refractivity contribution < 1.29 is 4.74 Å². The highest BCUT2D eigenvalue weighted by molar-refractivity contribution is 6.21. The van der Waals surface area contributed by atoms with E-state index in [1.54, 1.807) is 0 Å². The van der Waals surface area contributed by atoms with Gasteiger partial charge in [-0.05, 0) is 20.8 Å². The van der Waals surface area contributed by atoms with Crippen molar-refractivity contribution in [2.45, 2.75) is 31.7 Å². The summed E-state index contributed by atoms with van der Waals surface area (Å²) in [5.41, 5.74) is 0.00778. The summed E-state index contributed by atoms with van der Waals surface area (Å²) in [4.78, 5) is 2.42. The third-order valence-corrected chi connectivity index (χ3v) is 3.65. The Morgan fingerprint density at radius 2 is 2.00 bits per heavy atom. The summed E-state index contributed by atoms with van der Waals surface area (Å²) in [6.07, 6.45) is 0. The van der Waals surface area contributed by atoms with Crippen LogP contribution in [0.5, 0.6) is 0 Å². The van der Waals surface area contributed by atoms with E-state index in [0.29, 0.717) is 0 Å². The van der Waals surface area contributed by atoms with Crippen LogP contribution in [0.3, 0.4) is 0 Å². The molecule has 1 atom stereocenters. The van der Waals surface area contributed by atoms with Crippen molar-refractivity contribution in [3.63, 3.8) is 0 Å². The normalized spacial score (nSPS) is 21.6. The monoisotopic (exact) mass is 234 g/mol. The van der Waals surface area contributed by atoms with Gasteiger partial charge < -0.3 is 10.1 Å². The maximum Gasteiger partial charge on any atom is 0.0594 e. The second-order valence-corrected chi connectivity index (χ2v) is 5.37. The molecule has 0 amide bonds. The van der Waals surface area contributed by atoms with Crippen molar-refractivity contribution in [3.8, 4) is 0 Å². The molecule has 3 nitrogen and oxygen atoms in total. The Kier molecular flexibility index (Phi) is 5.33. The number of alkyl halides is 1. The second kappa shape index (κ2) is 6.04. The quantitative estimate of drug-likeness (QED) is 0.727. The van der Waals surface area contributed by atoms with E-state index in [0.717, 1.165) is 39.4 Å². The Morgan fingerprint density at radius 1 is 1.40 bits per heavy atom. The first-order chi connectivity index (χ1) is 7.02. The summed E-state index contributed by atoms with van der Waals surface area (Å²) in [5.74, 6) is 0. The molecule has 0 aromatic heterocycles. The zero-order valence-corrected chi connectivity index (χ0v) is 10.8. The lowest BCUT2D eigenvalue weighted by Gasteiger charge is -2.32. The Balaban J connectivity index is 2.14. The van der Waals surface area contributed by atoms with E-state index in [1.807, 2.05) is 6.92 Å². The maximum atomic E-state index is 6.09. The summed E-state index contributed by atoms with van der Waals surface area (Å²) >= 11 is 6.09. The molecule has 1 rings (SSSR count). The van der Waals surface area contributed by atoms with Crippen molar-refractivity contribution in [2.24, 2.45) is 0 Å². The summed E-state index contributed by atoms with van der Waals surface area (Å²) in [6, 6.07) is 0. The number of nitrogens with one attached hydrogen (secondary N) is 1. The topological polar surface area (TPSA) is 24.5 Å². The van der Waals surface area contributed by atoms with Gasteiger partial charge in [0.15, 0.2) is 0 Å². The van der Waals surface area contributed by atoms with E-state index in [2.05, 4.69) is 24.1 Å². The lowest BCUT2D eigenvalue weighted by atomic mass is 10.0. The van der Waals surface area contributed by atoms with Gasteiger partial charge in [-0.25, -0.2) is 0 Å². The molecular formula is C11H23ClN2O. The van der Waals surface area contributed by atoms with Crippen LogP contribution in [0.4, 0.5) is 0 Å². The van der Waals surface area contributed by atoms with Crippen LogP contribution in [-0.4, -0.2) is 55.2 Å². The van der Waals surface area contributed by atoms with Crippen LogP contribution in [0.2, 0.25) is 0 Å². The standard InChI is InChI=1S/C11H23ClN2O/c1-10(12)11(2,3)13-4-5-14-6-8-15-9-7-14/h10,13H,4-9H2,1-3H3. The van der Waals surface area contributed by atoms with Gasteiger partial charge in [-0.3, -0.25) is 4.90 Å². The number of hydrogen-bond donors (Lipinski definition) is 1. The zero-order chi connectivity index (χ0) is 11.3. The predicted molar refractivity (Wildman–Crippen MR) is 64.7 cm³/mol. The molecule has 0 aliphatic carbocycles. The highest BCUT2D eigenvalue weighted by atomic mass is 35.5. The molecule has 15 heavy (non-hydrogen) atoms. The average Bonchev–Trinajstić information content (AvgIpc) is 2.19. The maximum absolute atomic E-state index is 6.09. The minimum Gasteiger partial charge on any atom is -0.379 e. The fourth-order valence-corrected chi connectivity index (χ4v) is 1.58. The average molecular weight is 235 g/mol. The van der Waals surface area contributed by atoms with Gasteiger partial charge in [-0.15, -0.1) is 11.6 Å². The highest BCUT2D eigenvalue weighted by Crippen LogP contribution is 2.14. The molecule has 1 heterocycles. The molecule has 1 saturated heterocycles. The zero-order valence-electron chi connectivity index (χ0n) is 10.1. The van der Waals surface area contributed by atoms with Crippen molar-refractivity contribution >= 4 is 11.6 Å². The summed E-state index contributed by atoms with van der Waals surface area (Å²) in [6.45, 7) is 12.2. The lowest BCUT2D eigenvalue weighted by Crippen LogP contribution is -2.49.